The van der Waals surface area contributed by atoms with E-state index in [1.165, 1.54) is 13.3 Å². The first-order valence-electron chi connectivity index (χ1n) is 6.36. The third-order valence-corrected chi connectivity index (χ3v) is 4.11. The van der Waals surface area contributed by atoms with Crippen LogP contribution in [0.2, 0.25) is 0 Å². The third kappa shape index (κ3) is 4.04. The zero-order valence-corrected chi connectivity index (χ0v) is 12.9. The number of nitro benzene ring substituents is 1. The summed E-state index contributed by atoms with van der Waals surface area (Å²) in [5.74, 6) is 0.547. The zero-order valence-electron chi connectivity index (χ0n) is 12.0. The Bertz CT molecular complexity index is 832. The fourth-order valence-corrected chi connectivity index (χ4v) is 2.53. The first-order valence-corrected chi connectivity index (χ1v) is 7.85. The summed E-state index contributed by atoms with van der Waals surface area (Å²) in [7, 11) is -2.41. The van der Waals surface area contributed by atoms with Gasteiger partial charge in [-0.05, 0) is 24.3 Å². The molecule has 0 fully saturated rings. The van der Waals surface area contributed by atoms with E-state index in [0.29, 0.717) is 11.3 Å². The van der Waals surface area contributed by atoms with Crippen LogP contribution in [0.5, 0.6) is 5.75 Å². The summed E-state index contributed by atoms with van der Waals surface area (Å²) in [5.41, 5.74) is 0.405. The second kappa shape index (κ2) is 6.88. The number of hydrogen-bond donors (Lipinski definition) is 1. The van der Waals surface area contributed by atoms with Crippen molar-refractivity contribution in [2.75, 3.05) is 7.11 Å². The number of sulfonamides is 1. The first kappa shape index (κ1) is 16.4. The van der Waals surface area contributed by atoms with Crippen LogP contribution in [0.1, 0.15) is 5.56 Å². The molecular weight excluding hydrogens is 322 g/mol. The molecule has 0 aliphatic heterocycles. The zero-order chi connectivity index (χ0) is 16.9. The summed E-state index contributed by atoms with van der Waals surface area (Å²) < 4.78 is 29.2. The van der Waals surface area contributed by atoms with Gasteiger partial charge in [-0.3, -0.25) is 10.1 Å². The number of rotatable bonds is 6. The standard InChI is InChI=1S/C14H13N3O5S/c1-22-14-5-3-2-4-11(14)10-15-16-23(20,21)13-8-6-12(7-9-13)17(18)19/h2-10,16H,1H3. The average Bonchev–Trinajstić information content (AvgIpc) is 2.55. The quantitative estimate of drug-likeness (QED) is 0.492. The largest absolute Gasteiger partial charge is 0.496 e. The van der Waals surface area contributed by atoms with Crippen LogP contribution in [0.3, 0.4) is 0 Å². The van der Waals surface area contributed by atoms with E-state index in [1.54, 1.807) is 24.3 Å². The van der Waals surface area contributed by atoms with E-state index in [2.05, 4.69) is 5.10 Å². The van der Waals surface area contributed by atoms with Gasteiger partial charge in [-0.25, -0.2) is 4.83 Å². The second-order valence-corrected chi connectivity index (χ2v) is 6.01. The minimum atomic E-state index is -3.90. The Morgan fingerprint density at radius 1 is 1.17 bits per heavy atom. The Labute approximate surface area is 132 Å². The van der Waals surface area contributed by atoms with Crippen molar-refractivity contribution in [3.05, 3.63) is 64.2 Å². The summed E-state index contributed by atoms with van der Waals surface area (Å²) in [6.45, 7) is 0. The molecule has 0 saturated heterocycles. The normalized spacial score (nSPS) is 11.3. The first-order chi connectivity index (χ1) is 10.9. The van der Waals surface area contributed by atoms with Crippen molar-refractivity contribution in [1.29, 1.82) is 0 Å². The van der Waals surface area contributed by atoms with Crippen LogP contribution in [0, 0.1) is 10.1 Å². The van der Waals surface area contributed by atoms with Crippen LogP contribution >= 0.6 is 0 Å². The van der Waals surface area contributed by atoms with Gasteiger partial charge < -0.3 is 4.74 Å². The highest BCUT2D eigenvalue weighted by Crippen LogP contribution is 2.16. The van der Waals surface area contributed by atoms with Crippen LogP contribution in [0.25, 0.3) is 0 Å². The molecule has 2 rings (SSSR count). The van der Waals surface area contributed by atoms with Crippen molar-refractivity contribution in [2.45, 2.75) is 4.90 Å². The Morgan fingerprint density at radius 2 is 1.83 bits per heavy atom. The number of nitro groups is 1. The number of non-ortho nitro benzene ring substituents is 1. The fraction of sp³-hybridized carbons (Fsp3) is 0.0714. The molecule has 0 heterocycles. The SMILES string of the molecule is COc1ccccc1C=NNS(=O)(=O)c1ccc([N+](=O)[O-])cc1. The summed E-state index contributed by atoms with van der Waals surface area (Å²) >= 11 is 0. The lowest BCUT2D eigenvalue weighted by Crippen LogP contribution is -2.18. The van der Waals surface area contributed by atoms with Gasteiger partial charge in [0.1, 0.15) is 5.75 Å². The highest BCUT2D eigenvalue weighted by Gasteiger charge is 2.14. The monoisotopic (exact) mass is 335 g/mol. The smallest absolute Gasteiger partial charge is 0.276 e. The van der Waals surface area contributed by atoms with E-state index in [0.717, 1.165) is 24.3 Å². The van der Waals surface area contributed by atoms with Crippen LogP contribution in [-0.2, 0) is 10.0 Å². The Balaban J connectivity index is 2.15. The van der Waals surface area contributed by atoms with Crippen LogP contribution in [-0.4, -0.2) is 26.7 Å². The van der Waals surface area contributed by atoms with Crippen molar-refractivity contribution in [1.82, 2.24) is 4.83 Å². The Morgan fingerprint density at radius 3 is 2.43 bits per heavy atom. The molecule has 0 bridgehead atoms. The maximum absolute atomic E-state index is 12.0. The maximum Gasteiger partial charge on any atom is 0.276 e. The van der Waals surface area contributed by atoms with Crippen LogP contribution < -0.4 is 9.57 Å². The number of ether oxygens (including phenoxy) is 1. The van der Waals surface area contributed by atoms with Gasteiger partial charge in [0, 0.05) is 17.7 Å². The maximum atomic E-state index is 12.0. The minimum Gasteiger partial charge on any atom is -0.496 e. The summed E-state index contributed by atoms with van der Waals surface area (Å²) in [6, 6.07) is 11.5. The Kier molecular flexibility index (Phi) is 4.91. The predicted molar refractivity (Wildman–Crippen MR) is 84.0 cm³/mol. The van der Waals surface area contributed by atoms with Gasteiger partial charge in [-0.15, -0.1) is 0 Å². The molecule has 0 aliphatic carbocycles. The molecule has 0 unspecified atom stereocenters. The molecular formula is C14H13N3O5S. The van der Waals surface area contributed by atoms with Crippen molar-refractivity contribution in [3.8, 4) is 5.75 Å². The van der Waals surface area contributed by atoms with E-state index in [1.807, 2.05) is 4.83 Å². The van der Waals surface area contributed by atoms with Crippen molar-refractivity contribution >= 4 is 21.9 Å². The van der Waals surface area contributed by atoms with Gasteiger partial charge in [0.25, 0.3) is 15.7 Å². The number of benzene rings is 2. The van der Waals surface area contributed by atoms with Gasteiger partial charge in [0.2, 0.25) is 0 Å². The lowest BCUT2D eigenvalue weighted by molar-refractivity contribution is -0.384. The van der Waals surface area contributed by atoms with Gasteiger partial charge >= 0.3 is 0 Å². The number of hydrazone groups is 1. The molecule has 0 spiro atoms. The summed E-state index contributed by atoms with van der Waals surface area (Å²) in [5, 5.41) is 14.2. The van der Waals surface area contributed by atoms with Gasteiger partial charge in [-0.2, -0.15) is 13.5 Å². The second-order valence-electron chi connectivity index (χ2n) is 4.35. The highest BCUT2D eigenvalue weighted by atomic mass is 32.2. The third-order valence-electron chi connectivity index (χ3n) is 2.87. The molecule has 0 radical (unpaired) electrons. The molecule has 0 aromatic heterocycles. The molecule has 9 heteroatoms. The number of hydrogen-bond acceptors (Lipinski definition) is 6. The summed E-state index contributed by atoms with van der Waals surface area (Å²) in [6.07, 6.45) is 1.31. The minimum absolute atomic E-state index is 0.125. The molecule has 0 saturated carbocycles. The van der Waals surface area contributed by atoms with Gasteiger partial charge in [0.15, 0.2) is 0 Å². The number of nitrogens with zero attached hydrogens (tertiary/aromatic N) is 2. The summed E-state index contributed by atoms with van der Waals surface area (Å²) in [4.78, 5) is 11.9. The average molecular weight is 335 g/mol. The number of methoxy groups -OCH3 is 1. The molecule has 0 amide bonds. The molecule has 2 aromatic rings. The molecule has 120 valence electrons. The van der Waals surface area contributed by atoms with Gasteiger partial charge in [0.05, 0.1) is 23.1 Å². The Hall–Kier alpha value is -2.94. The molecule has 23 heavy (non-hydrogen) atoms. The van der Waals surface area contributed by atoms with E-state index in [-0.39, 0.29) is 10.6 Å². The van der Waals surface area contributed by atoms with Crippen LogP contribution in [0.15, 0.2) is 58.5 Å². The number of nitrogens with one attached hydrogen (secondary N) is 1. The molecule has 2 aromatic carbocycles. The molecule has 1 N–H and O–H groups in total. The molecule has 0 aliphatic rings. The van der Waals surface area contributed by atoms with E-state index in [9.17, 15) is 18.5 Å². The topological polar surface area (TPSA) is 111 Å². The van der Waals surface area contributed by atoms with Crippen molar-refractivity contribution < 1.29 is 18.1 Å². The number of para-hydroxylation sites is 1. The van der Waals surface area contributed by atoms with Gasteiger partial charge in [-0.1, -0.05) is 12.1 Å². The fourth-order valence-electron chi connectivity index (χ4n) is 1.74. The lowest BCUT2D eigenvalue weighted by Gasteiger charge is -2.04. The van der Waals surface area contributed by atoms with Crippen molar-refractivity contribution in [2.24, 2.45) is 5.10 Å². The van der Waals surface area contributed by atoms with E-state index < -0.39 is 14.9 Å². The molecule has 0 atom stereocenters. The van der Waals surface area contributed by atoms with Crippen molar-refractivity contribution in [3.63, 3.8) is 0 Å². The van der Waals surface area contributed by atoms with E-state index >= 15 is 0 Å². The van der Waals surface area contributed by atoms with Crippen LogP contribution in [0.4, 0.5) is 5.69 Å². The predicted octanol–water partition coefficient (Wildman–Crippen LogP) is 1.92. The molecule has 8 nitrogen and oxygen atoms in total. The lowest BCUT2D eigenvalue weighted by atomic mass is 10.2. The van der Waals surface area contributed by atoms with E-state index in [4.69, 9.17) is 4.74 Å². The highest BCUT2D eigenvalue weighted by molar-refractivity contribution is 7.89.